The molecule has 5 heteroatoms. The Labute approximate surface area is 146 Å². The Morgan fingerprint density at radius 1 is 0.913 bits per heavy atom. The molecule has 0 aliphatic carbocycles. The van der Waals surface area contributed by atoms with Crippen LogP contribution in [0.3, 0.4) is 0 Å². The molecule has 0 saturated carbocycles. The van der Waals surface area contributed by atoms with Gasteiger partial charge >= 0.3 is 0 Å². The van der Waals surface area contributed by atoms with E-state index in [9.17, 15) is 5.11 Å². The van der Waals surface area contributed by atoms with Crippen molar-refractivity contribution in [1.29, 1.82) is 0 Å². The van der Waals surface area contributed by atoms with Crippen molar-refractivity contribution in [1.82, 2.24) is 4.98 Å². The minimum Gasteiger partial charge on any atom is -0.384 e. The molecule has 0 spiro atoms. The largest absolute Gasteiger partial charge is 0.384 e. The molecule has 0 fully saturated rings. The first-order valence-corrected chi connectivity index (χ1v) is 9.75. The molecule has 0 bridgehead atoms. The number of rotatable bonds is 4. The zero-order chi connectivity index (χ0) is 15.6. The van der Waals surface area contributed by atoms with E-state index in [1.807, 2.05) is 24.3 Å². The molecule has 0 amide bonds. The topological polar surface area (TPSA) is 33.1 Å². The van der Waals surface area contributed by atoms with Crippen LogP contribution in [-0.2, 0) is 0 Å². The average Bonchev–Trinajstić information content (AvgIpc) is 3.33. The predicted octanol–water partition coefficient (Wildman–Crippen LogP) is 5.68. The summed E-state index contributed by atoms with van der Waals surface area (Å²) in [4.78, 5) is 7.66. The molecule has 2 nitrogen and oxygen atoms in total. The maximum atomic E-state index is 11.0. The summed E-state index contributed by atoms with van der Waals surface area (Å²) in [7, 11) is 0. The van der Waals surface area contributed by atoms with Gasteiger partial charge in [0.05, 0.1) is 4.88 Å². The lowest BCUT2D eigenvalue weighted by molar-refractivity contribution is 0.221. The lowest BCUT2D eigenvalue weighted by Crippen LogP contribution is -2.01. The molecule has 1 unspecified atom stereocenters. The van der Waals surface area contributed by atoms with E-state index >= 15 is 0 Å². The van der Waals surface area contributed by atoms with Gasteiger partial charge in [-0.05, 0) is 29.0 Å². The van der Waals surface area contributed by atoms with Gasteiger partial charge in [-0.3, -0.25) is 4.98 Å². The standard InChI is InChI=1S/C18H13NOS3/c20-17(12-4-1-7-19-10-12)16-13(14-5-2-8-21-14)11-23-18(16)15-6-3-9-22-15/h1-11,17,20H. The number of thiophene rings is 3. The number of nitrogens with zero attached hydrogens (tertiary/aromatic N) is 1. The monoisotopic (exact) mass is 355 g/mol. The van der Waals surface area contributed by atoms with Crippen LogP contribution >= 0.6 is 34.0 Å². The molecule has 0 aromatic carbocycles. The lowest BCUT2D eigenvalue weighted by atomic mass is 9.98. The summed E-state index contributed by atoms with van der Waals surface area (Å²) in [6, 6.07) is 12.1. The van der Waals surface area contributed by atoms with Crippen LogP contribution in [-0.4, -0.2) is 10.1 Å². The first-order chi connectivity index (χ1) is 11.3. The number of aliphatic hydroxyl groups is 1. The number of aliphatic hydroxyl groups excluding tert-OH is 1. The van der Waals surface area contributed by atoms with E-state index in [1.165, 1.54) is 9.75 Å². The summed E-state index contributed by atoms with van der Waals surface area (Å²) < 4.78 is 0. The maximum absolute atomic E-state index is 11.0. The summed E-state index contributed by atoms with van der Waals surface area (Å²) in [6.45, 7) is 0. The molecule has 0 aliphatic heterocycles. The van der Waals surface area contributed by atoms with E-state index in [2.05, 4.69) is 33.3 Å². The van der Waals surface area contributed by atoms with Crippen LogP contribution in [0.4, 0.5) is 0 Å². The molecule has 4 heterocycles. The van der Waals surface area contributed by atoms with Gasteiger partial charge in [0.1, 0.15) is 6.10 Å². The van der Waals surface area contributed by atoms with Crippen molar-refractivity contribution in [3.05, 3.63) is 76.1 Å². The molecule has 1 N–H and O–H groups in total. The third-order valence-electron chi connectivity index (χ3n) is 3.63. The van der Waals surface area contributed by atoms with Crippen molar-refractivity contribution in [2.75, 3.05) is 0 Å². The zero-order valence-corrected chi connectivity index (χ0v) is 14.5. The highest BCUT2D eigenvalue weighted by atomic mass is 32.1. The van der Waals surface area contributed by atoms with E-state index in [4.69, 9.17) is 0 Å². The Balaban J connectivity index is 1.90. The zero-order valence-electron chi connectivity index (χ0n) is 12.0. The highest BCUT2D eigenvalue weighted by Crippen LogP contribution is 2.45. The van der Waals surface area contributed by atoms with E-state index in [0.717, 1.165) is 21.6 Å². The second-order valence-corrected chi connectivity index (χ2v) is 7.81. The highest BCUT2D eigenvalue weighted by Gasteiger charge is 2.23. The Bertz CT molecular complexity index is 828. The predicted molar refractivity (Wildman–Crippen MR) is 99.2 cm³/mol. The van der Waals surface area contributed by atoms with E-state index in [0.29, 0.717) is 0 Å². The summed E-state index contributed by atoms with van der Waals surface area (Å²) in [5.41, 5.74) is 2.92. The first-order valence-electron chi connectivity index (χ1n) is 7.11. The maximum Gasteiger partial charge on any atom is 0.108 e. The molecule has 4 aromatic rings. The van der Waals surface area contributed by atoms with Gasteiger partial charge in [0, 0.05) is 44.2 Å². The van der Waals surface area contributed by atoms with Crippen LogP contribution in [0, 0.1) is 0 Å². The number of hydrogen-bond donors (Lipinski definition) is 1. The van der Waals surface area contributed by atoms with Gasteiger partial charge < -0.3 is 5.11 Å². The Morgan fingerprint density at radius 2 is 1.70 bits per heavy atom. The molecule has 1 atom stereocenters. The van der Waals surface area contributed by atoms with Crippen molar-refractivity contribution in [3.8, 4) is 20.2 Å². The van der Waals surface area contributed by atoms with Gasteiger partial charge in [0.2, 0.25) is 0 Å². The first kappa shape index (κ1) is 14.8. The average molecular weight is 356 g/mol. The Kier molecular flexibility index (Phi) is 4.10. The molecule has 4 rings (SSSR count). The fourth-order valence-corrected chi connectivity index (χ4v) is 5.38. The third-order valence-corrected chi connectivity index (χ3v) is 6.58. The quantitative estimate of drug-likeness (QED) is 0.511. The van der Waals surface area contributed by atoms with Gasteiger partial charge in [-0.2, -0.15) is 0 Å². The Morgan fingerprint density at radius 3 is 2.35 bits per heavy atom. The second-order valence-electron chi connectivity index (χ2n) is 5.04. The van der Waals surface area contributed by atoms with Crippen molar-refractivity contribution in [3.63, 3.8) is 0 Å². The summed E-state index contributed by atoms with van der Waals surface area (Å²) >= 11 is 5.09. The lowest BCUT2D eigenvalue weighted by Gasteiger charge is -2.14. The van der Waals surface area contributed by atoms with Crippen molar-refractivity contribution in [2.24, 2.45) is 0 Å². The summed E-state index contributed by atoms with van der Waals surface area (Å²) in [6.07, 6.45) is 2.78. The minimum atomic E-state index is -0.677. The van der Waals surface area contributed by atoms with Gasteiger partial charge in [-0.1, -0.05) is 18.2 Å². The molecular weight excluding hydrogens is 342 g/mol. The molecule has 0 saturated heterocycles. The SMILES string of the molecule is OC(c1cccnc1)c1c(-c2cccs2)csc1-c1cccs1. The van der Waals surface area contributed by atoms with Gasteiger partial charge in [-0.25, -0.2) is 0 Å². The normalized spacial score (nSPS) is 12.4. The van der Waals surface area contributed by atoms with Gasteiger partial charge in [0.15, 0.2) is 0 Å². The van der Waals surface area contributed by atoms with E-state index in [1.54, 1.807) is 46.4 Å². The van der Waals surface area contributed by atoms with Crippen LogP contribution < -0.4 is 0 Å². The van der Waals surface area contributed by atoms with Crippen LogP contribution in [0.25, 0.3) is 20.2 Å². The number of aromatic nitrogens is 1. The highest BCUT2D eigenvalue weighted by molar-refractivity contribution is 7.21. The van der Waals surface area contributed by atoms with Crippen LogP contribution in [0.1, 0.15) is 17.2 Å². The second kappa shape index (κ2) is 6.37. The van der Waals surface area contributed by atoms with Crippen molar-refractivity contribution >= 4 is 34.0 Å². The van der Waals surface area contributed by atoms with Crippen molar-refractivity contribution < 1.29 is 5.11 Å². The smallest absolute Gasteiger partial charge is 0.108 e. The summed E-state index contributed by atoms with van der Waals surface area (Å²) in [5, 5.41) is 17.3. The Hall–Kier alpha value is -1.79. The molecule has 114 valence electrons. The molecule has 4 aromatic heterocycles. The third kappa shape index (κ3) is 2.77. The van der Waals surface area contributed by atoms with Crippen LogP contribution in [0.2, 0.25) is 0 Å². The van der Waals surface area contributed by atoms with E-state index < -0.39 is 6.10 Å². The van der Waals surface area contributed by atoms with Crippen LogP contribution in [0.15, 0.2) is 64.9 Å². The molecule has 23 heavy (non-hydrogen) atoms. The van der Waals surface area contributed by atoms with Crippen LogP contribution in [0.5, 0.6) is 0 Å². The van der Waals surface area contributed by atoms with E-state index in [-0.39, 0.29) is 0 Å². The molecular formula is C18H13NOS3. The fraction of sp³-hybridized carbons (Fsp3) is 0.0556. The van der Waals surface area contributed by atoms with Crippen molar-refractivity contribution in [2.45, 2.75) is 6.10 Å². The van der Waals surface area contributed by atoms with Gasteiger partial charge in [-0.15, -0.1) is 34.0 Å². The number of pyridine rings is 1. The fourth-order valence-electron chi connectivity index (χ4n) is 2.56. The van der Waals surface area contributed by atoms with Gasteiger partial charge in [0.25, 0.3) is 0 Å². The molecule has 0 aliphatic rings. The summed E-state index contributed by atoms with van der Waals surface area (Å²) in [5.74, 6) is 0. The molecule has 0 radical (unpaired) electrons. The minimum absolute atomic E-state index is 0.677. The number of hydrogen-bond acceptors (Lipinski definition) is 5.